The summed E-state index contributed by atoms with van der Waals surface area (Å²) in [6.45, 7) is 0. The van der Waals surface area contributed by atoms with Crippen LogP contribution in [0.1, 0.15) is 5.69 Å². The summed E-state index contributed by atoms with van der Waals surface area (Å²) in [7, 11) is 0. The first-order valence-electron chi connectivity index (χ1n) is 3.99. The highest BCUT2D eigenvalue weighted by Gasteiger charge is 2.05. The van der Waals surface area contributed by atoms with Crippen molar-refractivity contribution in [3.05, 3.63) is 29.2 Å². The number of imidazole rings is 1. The number of aromatic nitrogens is 3. The molecule has 0 aromatic carbocycles. The number of fused-ring (bicyclic) bond motifs is 1. The molecule has 0 atom stereocenters. The average molecular weight is 210 g/mol. The molecule has 0 aliphatic heterocycles. The van der Waals surface area contributed by atoms with Gasteiger partial charge in [0.05, 0.1) is 17.7 Å². The molecule has 0 aliphatic rings. The Kier molecular flexibility index (Phi) is 2.09. The van der Waals surface area contributed by atoms with Crippen molar-refractivity contribution in [2.75, 3.05) is 0 Å². The van der Waals surface area contributed by atoms with E-state index in [0.29, 0.717) is 17.2 Å². The first-order chi connectivity index (χ1) is 6.66. The van der Waals surface area contributed by atoms with Crippen LogP contribution in [0.3, 0.4) is 0 Å². The third-order valence-corrected chi connectivity index (χ3v) is 1.97. The quantitative estimate of drug-likeness (QED) is 0.569. The van der Waals surface area contributed by atoms with Crippen LogP contribution in [-0.2, 0) is 6.42 Å². The molecule has 0 spiro atoms. The molecule has 5 nitrogen and oxygen atoms in total. The molecule has 0 bridgehead atoms. The standard InChI is InChI=1S/C8H8ClN5/c9-6-1-2-8-12-4-5(3-7(10)11)14(8)13-6/h1-2,4H,3H2,(H3,10,11). The maximum absolute atomic E-state index is 7.18. The lowest BCUT2D eigenvalue weighted by Gasteiger charge is -1.98. The van der Waals surface area contributed by atoms with Gasteiger partial charge in [-0.05, 0) is 12.1 Å². The Bertz CT molecular complexity index is 489. The van der Waals surface area contributed by atoms with Crippen molar-refractivity contribution in [3.63, 3.8) is 0 Å². The van der Waals surface area contributed by atoms with Crippen LogP contribution in [0.5, 0.6) is 0 Å². The number of hydrogen-bond donors (Lipinski definition) is 2. The summed E-state index contributed by atoms with van der Waals surface area (Å²) in [5.74, 6) is 0.0774. The normalized spacial score (nSPS) is 10.6. The van der Waals surface area contributed by atoms with E-state index in [1.54, 1.807) is 22.8 Å². The van der Waals surface area contributed by atoms with Gasteiger partial charge in [-0.3, -0.25) is 5.41 Å². The van der Waals surface area contributed by atoms with E-state index < -0.39 is 0 Å². The van der Waals surface area contributed by atoms with Gasteiger partial charge in [0.2, 0.25) is 0 Å². The number of halogens is 1. The molecule has 72 valence electrons. The second-order valence-electron chi connectivity index (χ2n) is 2.88. The van der Waals surface area contributed by atoms with Gasteiger partial charge in [0.1, 0.15) is 5.15 Å². The third-order valence-electron chi connectivity index (χ3n) is 1.77. The maximum Gasteiger partial charge on any atom is 0.153 e. The molecule has 0 radical (unpaired) electrons. The summed E-state index contributed by atoms with van der Waals surface area (Å²) in [6.07, 6.45) is 1.97. The Morgan fingerprint density at radius 1 is 1.57 bits per heavy atom. The van der Waals surface area contributed by atoms with E-state index in [1.807, 2.05) is 0 Å². The van der Waals surface area contributed by atoms with Gasteiger partial charge in [0.15, 0.2) is 5.65 Å². The SMILES string of the molecule is N=C(N)Cc1cnc2ccc(Cl)nn12. The molecule has 0 saturated carbocycles. The highest BCUT2D eigenvalue weighted by atomic mass is 35.5. The van der Waals surface area contributed by atoms with E-state index in [1.165, 1.54) is 0 Å². The Morgan fingerprint density at radius 3 is 3.07 bits per heavy atom. The van der Waals surface area contributed by atoms with E-state index >= 15 is 0 Å². The fourth-order valence-corrected chi connectivity index (χ4v) is 1.35. The molecule has 6 heteroatoms. The van der Waals surface area contributed by atoms with Gasteiger partial charge >= 0.3 is 0 Å². The van der Waals surface area contributed by atoms with Gasteiger partial charge < -0.3 is 5.73 Å². The first-order valence-corrected chi connectivity index (χ1v) is 4.36. The minimum absolute atomic E-state index is 0.0774. The van der Waals surface area contributed by atoms with Crippen molar-refractivity contribution in [3.8, 4) is 0 Å². The van der Waals surface area contributed by atoms with E-state index in [-0.39, 0.29) is 5.84 Å². The van der Waals surface area contributed by atoms with Gasteiger partial charge in [-0.15, -0.1) is 0 Å². The van der Waals surface area contributed by atoms with Gasteiger partial charge in [-0.25, -0.2) is 9.50 Å². The summed E-state index contributed by atoms with van der Waals surface area (Å²) in [6, 6.07) is 3.43. The number of rotatable bonds is 2. The summed E-state index contributed by atoms with van der Waals surface area (Å²) in [4.78, 5) is 4.10. The van der Waals surface area contributed by atoms with Gasteiger partial charge in [0.25, 0.3) is 0 Å². The molecule has 14 heavy (non-hydrogen) atoms. The minimum atomic E-state index is 0.0774. The molecule has 0 saturated heterocycles. The molecule has 3 N–H and O–H groups in total. The molecule has 2 aromatic rings. The Labute approximate surface area is 85.0 Å². The van der Waals surface area contributed by atoms with Crippen LogP contribution >= 0.6 is 11.6 Å². The van der Waals surface area contributed by atoms with Gasteiger partial charge in [-0.1, -0.05) is 11.6 Å². The topological polar surface area (TPSA) is 80.1 Å². The molecule has 2 heterocycles. The highest BCUT2D eigenvalue weighted by molar-refractivity contribution is 6.29. The number of amidine groups is 1. The summed E-state index contributed by atoms with van der Waals surface area (Å²) in [5, 5.41) is 11.6. The van der Waals surface area contributed by atoms with Crippen molar-refractivity contribution in [2.24, 2.45) is 5.73 Å². The maximum atomic E-state index is 7.18. The predicted molar refractivity (Wildman–Crippen MR) is 53.6 cm³/mol. The first kappa shape index (κ1) is 8.96. The summed E-state index contributed by atoms with van der Waals surface area (Å²) >= 11 is 5.74. The van der Waals surface area contributed by atoms with E-state index in [2.05, 4.69) is 10.1 Å². The summed E-state index contributed by atoms with van der Waals surface area (Å²) < 4.78 is 1.59. The van der Waals surface area contributed by atoms with Crippen LogP contribution in [0.15, 0.2) is 18.3 Å². The highest BCUT2D eigenvalue weighted by Crippen LogP contribution is 2.09. The molecule has 0 aliphatic carbocycles. The lowest BCUT2D eigenvalue weighted by Crippen LogP contribution is -2.14. The third kappa shape index (κ3) is 1.54. The Hall–Kier alpha value is -1.62. The zero-order valence-electron chi connectivity index (χ0n) is 7.24. The van der Waals surface area contributed by atoms with Crippen molar-refractivity contribution in [1.82, 2.24) is 14.6 Å². The van der Waals surface area contributed by atoms with Crippen molar-refractivity contribution in [2.45, 2.75) is 6.42 Å². The predicted octanol–water partition coefficient (Wildman–Crippen LogP) is 0.861. The zero-order valence-corrected chi connectivity index (χ0v) is 7.99. The van der Waals surface area contributed by atoms with Crippen LogP contribution in [0.25, 0.3) is 5.65 Å². The smallest absolute Gasteiger partial charge is 0.153 e. The largest absolute Gasteiger partial charge is 0.387 e. The van der Waals surface area contributed by atoms with Crippen LogP contribution in [0, 0.1) is 5.41 Å². The lowest BCUT2D eigenvalue weighted by molar-refractivity contribution is 0.883. The molecule has 2 aromatic heterocycles. The second kappa shape index (κ2) is 3.26. The number of hydrogen-bond acceptors (Lipinski definition) is 3. The van der Waals surface area contributed by atoms with Crippen molar-refractivity contribution >= 4 is 23.1 Å². The molecule has 0 fully saturated rings. The van der Waals surface area contributed by atoms with E-state index in [9.17, 15) is 0 Å². The number of nitrogens with zero attached hydrogens (tertiary/aromatic N) is 3. The molecule has 2 rings (SSSR count). The van der Waals surface area contributed by atoms with E-state index in [4.69, 9.17) is 22.7 Å². The Morgan fingerprint density at radius 2 is 2.36 bits per heavy atom. The molecular weight excluding hydrogens is 202 g/mol. The van der Waals surface area contributed by atoms with Crippen LogP contribution in [-0.4, -0.2) is 20.4 Å². The summed E-state index contributed by atoms with van der Waals surface area (Å²) in [5.41, 5.74) is 6.75. The fraction of sp³-hybridized carbons (Fsp3) is 0.125. The second-order valence-corrected chi connectivity index (χ2v) is 3.26. The van der Waals surface area contributed by atoms with Crippen molar-refractivity contribution in [1.29, 1.82) is 5.41 Å². The molecule has 0 amide bonds. The van der Waals surface area contributed by atoms with Crippen LogP contribution in [0.4, 0.5) is 0 Å². The fourth-order valence-electron chi connectivity index (χ4n) is 1.21. The minimum Gasteiger partial charge on any atom is -0.387 e. The monoisotopic (exact) mass is 209 g/mol. The molecule has 0 unspecified atom stereocenters. The van der Waals surface area contributed by atoms with Gasteiger partial charge in [-0.2, -0.15) is 5.10 Å². The lowest BCUT2D eigenvalue weighted by atomic mass is 10.3. The number of nitrogens with one attached hydrogen (secondary N) is 1. The zero-order chi connectivity index (χ0) is 10.1. The van der Waals surface area contributed by atoms with Gasteiger partial charge in [0, 0.05) is 6.42 Å². The van der Waals surface area contributed by atoms with Crippen molar-refractivity contribution < 1.29 is 0 Å². The van der Waals surface area contributed by atoms with Crippen LogP contribution < -0.4 is 5.73 Å². The average Bonchev–Trinajstić information content (AvgIpc) is 2.47. The number of nitrogens with two attached hydrogens (primary N) is 1. The van der Waals surface area contributed by atoms with Crippen LogP contribution in [0.2, 0.25) is 5.15 Å². The molecular formula is C8H8ClN5. The Balaban J connectivity index is 2.55. The van der Waals surface area contributed by atoms with E-state index in [0.717, 1.165) is 5.69 Å².